The first-order valence-corrected chi connectivity index (χ1v) is 9.38. The second kappa shape index (κ2) is 6.22. The van der Waals surface area contributed by atoms with E-state index in [0.29, 0.717) is 6.67 Å². The molecule has 126 valence electrons. The third-order valence-electron chi connectivity index (χ3n) is 5.26. The molecule has 0 unspecified atom stereocenters. The number of amides is 1. The number of anilines is 1. The Hall–Kier alpha value is -1.85. The number of likely N-dealkylation sites (tertiary alicyclic amines) is 1. The predicted octanol–water partition coefficient (Wildman–Crippen LogP) is 2.99. The maximum Gasteiger partial charge on any atom is 0.247 e. The number of para-hydroxylation sites is 1. The maximum atomic E-state index is 12.6. The van der Waals surface area contributed by atoms with Crippen molar-refractivity contribution in [3.8, 4) is 0 Å². The molecule has 1 N–H and O–H groups in total. The lowest BCUT2D eigenvalue weighted by Gasteiger charge is -2.43. The third-order valence-corrected chi connectivity index (χ3v) is 6.25. The molecule has 2 aromatic rings. The molecule has 1 amide bonds. The minimum Gasteiger partial charge on any atom is -0.339 e. The molecule has 4 nitrogen and oxygen atoms in total. The van der Waals surface area contributed by atoms with Gasteiger partial charge in [0.15, 0.2) is 0 Å². The van der Waals surface area contributed by atoms with Crippen LogP contribution in [-0.2, 0) is 11.3 Å². The van der Waals surface area contributed by atoms with E-state index in [1.54, 1.807) is 0 Å². The summed E-state index contributed by atoms with van der Waals surface area (Å²) in [7, 11) is 0. The van der Waals surface area contributed by atoms with E-state index in [4.69, 9.17) is 0 Å². The van der Waals surface area contributed by atoms with E-state index in [1.807, 2.05) is 29.5 Å². The number of carbonyl (C=O) groups excluding carboxylic acids is 1. The van der Waals surface area contributed by atoms with E-state index < -0.39 is 0 Å². The van der Waals surface area contributed by atoms with Gasteiger partial charge in [0.05, 0.1) is 6.67 Å². The second-order valence-corrected chi connectivity index (χ2v) is 8.12. The molecule has 2 aliphatic heterocycles. The number of nitrogens with one attached hydrogen (secondary N) is 1. The molecule has 0 atom stereocenters. The summed E-state index contributed by atoms with van der Waals surface area (Å²) in [6, 6.07) is 14.7. The number of benzene rings is 1. The van der Waals surface area contributed by atoms with Crippen LogP contribution in [0.2, 0.25) is 0 Å². The summed E-state index contributed by atoms with van der Waals surface area (Å²) >= 11 is 1.87. The number of nitrogens with zero attached hydrogens (tertiary/aromatic N) is 2. The van der Waals surface area contributed by atoms with Gasteiger partial charge in [-0.2, -0.15) is 0 Å². The van der Waals surface area contributed by atoms with Crippen LogP contribution in [0.5, 0.6) is 0 Å². The molecule has 1 aromatic heterocycles. The zero-order valence-electron chi connectivity index (χ0n) is 14.0. The Balaban J connectivity index is 1.48. The summed E-state index contributed by atoms with van der Waals surface area (Å²) in [5.74, 6) is 0.193. The molecule has 3 heterocycles. The Morgan fingerprint density at radius 3 is 2.54 bits per heavy atom. The highest BCUT2D eigenvalue weighted by atomic mass is 32.1. The normalized spacial score (nSPS) is 20.5. The van der Waals surface area contributed by atoms with Crippen molar-refractivity contribution in [1.82, 2.24) is 10.2 Å². The molecule has 0 aliphatic carbocycles. The molecule has 2 fully saturated rings. The molecule has 2 saturated heterocycles. The van der Waals surface area contributed by atoms with Crippen molar-refractivity contribution in [2.45, 2.75) is 31.8 Å². The predicted molar refractivity (Wildman–Crippen MR) is 98.2 cm³/mol. The fraction of sp³-hybridized carbons (Fsp3) is 0.421. The number of carbonyl (C=O) groups is 1. The van der Waals surface area contributed by atoms with Gasteiger partial charge in [0, 0.05) is 35.1 Å². The van der Waals surface area contributed by atoms with Crippen LogP contribution in [0.4, 0.5) is 5.69 Å². The Morgan fingerprint density at radius 2 is 1.88 bits per heavy atom. The first kappa shape index (κ1) is 15.7. The standard InChI is InChI=1S/C19H23N3OS/c1-15-7-8-17(24-15)13-21-11-9-19(10-12-21)18(23)20-14-22(19)16-5-3-2-4-6-16/h2-8H,9-14H2,1H3,(H,20,23). The van der Waals surface area contributed by atoms with Gasteiger partial charge in [0.2, 0.25) is 5.91 Å². The summed E-state index contributed by atoms with van der Waals surface area (Å²) < 4.78 is 0. The highest BCUT2D eigenvalue weighted by Gasteiger charge is 2.50. The van der Waals surface area contributed by atoms with E-state index in [-0.39, 0.29) is 11.4 Å². The van der Waals surface area contributed by atoms with Gasteiger partial charge < -0.3 is 10.2 Å². The van der Waals surface area contributed by atoms with Gasteiger partial charge in [-0.3, -0.25) is 9.69 Å². The first-order valence-electron chi connectivity index (χ1n) is 8.56. The lowest BCUT2D eigenvalue weighted by atomic mass is 9.85. The number of piperidine rings is 1. The fourth-order valence-corrected chi connectivity index (χ4v) is 4.84. The molecule has 24 heavy (non-hydrogen) atoms. The largest absolute Gasteiger partial charge is 0.339 e. The van der Waals surface area contributed by atoms with Gasteiger partial charge in [-0.1, -0.05) is 18.2 Å². The van der Waals surface area contributed by atoms with Gasteiger partial charge in [-0.25, -0.2) is 0 Å². The van der Waals surface area contributed by atoms with Crippen molar-refractivity contribution in [3.05, 3.63) is 52.2 Å². The highest BCUT2D eigenvalue weighted by molar-refractivity contribution is 7.11. The number of aryl methyl sites for hydroxylation is 1. The van der Waals surface area contributed by atoms with Crippen LogP contribution in [0.3, 0.4) is 0 Å². The Kier molecular flexibility index (Phi) is 4.06. The van der Waals surface area contributed by atoms with Crippen molar-refractivity contribution >= 4 is 22.9 Å². The Bertz CT molecular complexity index is 719. The fourth-order valence-electron chi connectivity index (χ4n) is 3.90. The van der Waals surface area contributed by atoms with Crippen LogP contribution in [0.25, 0.3) is 0 Å². The van der Waals surface area contributed by atoms with Crippen molar-refractivity contribution in [1.29, 1.82) is 0 Å². The van der Waals surface area contributed by atoms with Crippen LogP contribution in [0, 0.1) is 6.92 Å². The molecule has 1 spiro atoms. The average Bonchev–Trinajstić information content (AvgIpc) is 3.15. The van der Waals surface area contributed by atoms with Crippen LogP contribution in [0.15, 0.2) is 42.5 Å². The molecular weight excluding hydrogens is 318 g/mol. The molecule has 1 aromatic carbocycles. The topological polar surface area (TPSA) is 35.6 Å². The van der Waals surface area contributed by atoms with Crippen molar-refractivity contribution in [3.63, 3.8) is 0 Å². The Morgan fingerprint density at radius 1 is 1.12 bits per heavy atom. The summed E-state index contributed by atoms with van der Waals surface area (Å²) in [5.41, 5.74) is 0.765. The molecule has 4 rings (SSSR count). The molecule has 0 saturated carbocycles. The van der Waals surface area contributed by atoms with E-state index in [1.165, 1.54) is 9.75 Å². The second-order valence-electron chi connectivity index (χ2n) is 6.75. The lowest BCUT2D eigenvalue weighted by Crippen LogP contribution is -2.56. The minimum absolute atomic E-state index is 0.193. The van der Waals surface area contributed by atoms with E-state index >= 15 is 0 Å². The summed E-state index contributed by atoms with van der Waals surface area (Å²) in [5, 5.41) is 3.07. The van der Waals surface area contributed by atoms with Crippen LogP contribution >= 0.6 is 11.3 Å². The quantitative estimate of drug-likeness (QED) is 0.932. The molecule has 2 aliphatic rings. The average molecular weight is 341 g/mol. The van der Waals surface area contributed by atoms with Gasteiger partial charge >= 0.3 is 0 Å². The molecular formula is C19H23N3OS. The van der Waals surface area contributed by atoms with Crippen LogP contribution in [0.1, 0.15) is 22.6 Å². The lowest BCUT2D eigenvalue weighted by molar-refractivity contribution is -0.125. The van der Waals surface area contributed by atoms with E-state index in [0.717, 1.165) is 38.2 Å². The van der Waals surface area contributed by atoms with E-state index in [9.17, 15) is 4.79 Å². The van der Waals surface area contributed by atoms with Crippen molar-refractivity contribution < 1.29 is 4.79 Å². The maximum absolute atomic E-state index is 12.6. The van der Waals surface area contributed by atoms with Crippen LogP contribution < -0.4 is 10.2 Å². The third kappa shape index (κ3) is 2.72. The SMILES string of the molecule is Cc1ccc(CN2CCC3(CC2)C(=O)NCN3c2ccccc2)s1. The van der Waals surface area contributed by atoms with Gasteiger partial charge in [0.25, 0.3) is 0 Å². The van der Waals surface area contributed by atoms with Crippen molar-refractivity contribution in [2.75, 3.05) is 24.7 Å². The molecule has 5 heteroatoms. The zero-order chi connectivity index (χ0) is 16.6. The Labute approximate surface area is 147 Å². The number of hydrogen-bond donors (Lipinski definition) is 1. The summed E-state index contributed by atoms with van der Waals surface area (Å²) in [6.45, 7) is 5.70. The number of rotatable bonds is 3. The van der Waals surface area contributed by atoms with Gasteiger partial charge in [0.1, 0.15) is 5.54 Å². The minimum atomic E-state index is -0.372. The summed E-state index contributed by atoms with van der Waals surface area (Å²) in [6.07, 6.45) is 1.77. The molecule has 0 radical (unpaired) electrons. The highest BCUT2D eigenvalue weighted by Crippen LogP contribution is 2.36. The first-order chi connectivity index (χ1) is 11.7. The van der Waals surface area contributed by atoms with Gasteiger partial charge in [-0.05, 0) is 44.0 Å². The monoisotopic (exact) mass is 341 g/mol. The molecule has 0 bridgehead atoms. The number of thiophene rings is 1. The van der Waals surface area contributed by atoms with Gasteiger partial charge in [-0.15, -0.1) is 11.3 Å². The smallest absolute Gasteiger partial charge is 0.247 e. The van der Waals surface area contributed by atoms with E-state index in [2.05, 4.69) is 46.3 Å². The summed E-state index contributed by atoms with van der Waals surface area (Å²) in [4.78, 5) is 20.2. The van der Waals surface area contributed by atoms with Crippen LogP contribution in [-0.4, -0.2) is 36.1 Å². The zero-order valence-corrected chi connectivity index (χ0v) is 14.8. The number of hydrogen-bond acceptors (Lipinski definition) is 4. The van der Waals surface area contributed by atoms with Crippen molar-refractivity contribution in [2.24, 2.45) is 0 Å².